The number of hydrogen-bond donors (Lipinski definition) is 1. The van der Waals surface area contributed by atoms with Gasteiger partial charge < -0.3 is 5.32 Å². The maximum absolute atomic E-state index is 14.2. The van der Waals surface area contributed by atoms with Crippen molar-refractivity contribution < 1.29 is 18.8 Å². The van der Waals surface area contributed by atoms with Crippen LogP contribution >= 0.6 is 0 Å². The molecule has 3 fully saturated rings. The van der Waals surface area contributed by atoms with Crippen LogP contribution in [0, 0.1) is 24.6 Å². The van der Waals surface area contributed by atoms with Gasteiger partial charge in [0.1, 0.15) is 11.4 Å². The van der Waals surface area contributed by atoms with Crippen molar-refractivity contribution in [3.63, 3.8) is 0 Å². The molecule has 2 aromatic rings. The molecule has 4 heterocycles. The van der Waals surface area contributed by atoms with Crippen molar-refractivity contribution in [3.8, 4) is 0 Å². The van der Waals surface area contributed by atoms with E-state index < -0.39 is 23.2 Å². The van der Waals surface area contributed by atoms with E-state index in [1.54, 1.807) is 12.1 Å². The highest BCUT2D eigenvalue weighted by Gasteiger charge is 2.74. The molecule has 0 unspecified atom stereocenters. The van der Waals surface area contributed by atoms with Crippen molar-refractivity contribution in [3.05, 3.63) is 59.4 Å². The second kappa shape index (κ2) is 5.76. The number of rotatable bonds is 1. The highest BCUT2D eigenvalue weighted by Crippen LogP contribution is 2.60. The first-order valence-electron chi connectivity index (χ1n) is 10.3. The minimum Gasteiger partial charge on any atom is -0.324 e. The number of nitrogens with one attached hydrogen (secondary N) is 1. The minimum absolute atomic E-state index is 0.207. The Balaban J connectivity index is 1.56. The Morgan fingerprint density at radius 2 is 1.83 bits per heavy atom. The van der Waals surface area contributed by atoms with E-state index in [1.807, 2.05) is 24.0 Å². The fourth-order valence-corrected chi connectivity index (χ4v) is 6.12. The van der Waals surface area contributed by atoms with Crippen molar-refractivity contribution in [2.45, 2.75) is 31.3 Å². The van der Waals surface area contributed by atoms with E-state index in [-0.39, 0.29) is 23.8 Å². The van der Waals surface area contributed by atoms with Gasteiger partial charge in [0.15, 0.2) is 0 Å². The molecule has 0 aliphatic carbocycles. The molecule has 4 aliphatic rings. The van der Waals surface area contributed by atoms with E-state index in [2.05, 4.69) is 5.32 Å². The topological polar surface area (TPSA) is 69.7 Å². The molecule has 0 radical (unpaired) electrons. The van der Waals surface area contributed by atoms with Gasteiger partial charge in [0.25, 0.3) is 0 Å². The van der Waals surface area contributed by atoms with Gasteiger partial charge >= 0.3 is 0 Å². The molecule has 4 aliphatic heterocycles. The molecule has 0 bridgehead atoms. The number of nitrogens with zero attached hydrogens (tertiary/aromatic N) is 2. The number of halogens is 1. The molecule has 7 heteroatoms. The Kier molecular flexibility index (Phi) is 3.41. The van der Waals surface area contributed by atoms with Crippen LogP contribution < -0.4 is 10.2 Å². The van der Waals surface area contributed by atoms with Crippen LogP contribution in [0.2, 0.25) is 0 Å². The predicted octanol–water partition coefficient (Wildman–Crippen LogP) is 2.57. The van der Waals surface area contributed by atoms with Gasteiger partial charge in [-0.1, -0.05) is 17.7 Å². The van der Waals surface area contributed by atoms with Crippen molar-refractivity contribution in [2.24, 2.45) is 11.8 Å². The molecule has 6 rings (SSSR count). The van der Waals surface area contributed by atoms with Crippen LogP contribution in [0.4, 0.5) is 15.8 Å². The summed E-state index contributed by atoms with van der Waals surface area (Å²) in [6.45, 7) is 2.54. The van der Waals surface area contributed by atoms with Crippen molar-refractivity contribution in [1.82, 2.24) is 4.90 Å². The molecular weight excluding hydrogens is 385 g/mol. The minimum atomic E-state index is -1.34. The van der Waals surface area contributed by atoms with Crippen LogP contribution in [0.1, 0.15) is 24.0 Å². The van der Waals surface area contributed by atoms with Gasteiger partial charge in [-0.05, 0) is 56.6 Å². The molecule has 3 saturated heterocycles. The molecule has 152 valence electrons. The first-order chi connectivity index (χ1) is 14.4. The van der Waals surface area contributed by atoms with Crippen molar-refractivity contribution in [2.75, 3.05) is 16.8 Å². The van der Waals surface area contributed by atoms with E-state index in [0.29, 0.717) is 23.5 Å². The summed E-state index contributed by atoms with van der Waals surface area (Å²) >= 11 is 0. The lowest BCUT2D eigenvalue weighted by molar-refractivity contribution is -0.135. The summed E-state index contributed by atoms with van der Waals surface area (Å²) in [6.07, 6.45) is 1.57. The first kappa shape index (κ1) is 17.8. The molecule has 2 aromatic carbocycles. The summed E-state index contributed by atoms with van der Waals surface area (Å²) in [5.41, 5.74) is 1.19. The molecular formula is C23H20FN3O3. The predicted molar refractivity (Wildman–Crippen MR) is 107 cm³/mol. The second-order valence-corrected chi connectivity index (χ2v) is 8.66. The number of carbonyl (C=O) groups excluding carboxylic acids is 3. The zero-order valence-electron chi connectivity index (χ0n) is 16.4. The van der Waals surface area contributed by atoms with Gasteiger partial charge in [-0.2, -0.15) is 0 Å². The van der Waals surface area contributed by atoms with Crippen LogP contribution in [-0.2, 0) is 19.9 Å². The van der Waals surface area contributed by atoms with Gasteiger partial charge in [-0.15, -0.1) is 0 Å². The monoisotopic (exact) mass is 405 g/mol. The number of anilines is 2. The largest absolute Gasteiger partial charge is 0.324 e. The van der Waals surface area contributed by atoms with Crippen LogP contribution in [0.3, 0.4) is 0 Å². The average Bonchev–Trinajstić information content (AvgIpc) is 3.42. The number of fused-ring (bicyclic) bond motifs is 7. The fraction of sp³-hybridized carbons (Fsp3) is 0.348. The summed E-state index contributed by atoms with van der Waals surface area (Å²) in [6, 6.07) is 11.2. The summed E-state index contributed by atoms with van der Waals surface area (Å²) in [5.74, 6) is -2.91. The second-order valence-electron chi connectivity index (χ2n) is 8.66. The van der Waals surface area contributed by atoms with Crippen LogP contribution in [0.5, 0.6) is 0 Å². The molecule has 1 N–H and O–H groups in total. The van der Waals surface area contributed by atoms with Gasteiger partial charge in [-0.25, -0.2) is 9.29 Å². The Hall–Kier alpha value is -3.06. The summed E-state index contributed by atoms with van der Waals surface area (Å²) < 4.78 is 14.2. The van der Waals surface area contributed by atoms with Crippen molar-refractivity contribution >= 4 is 29.1 Å². The SMILES string of the molecule is Cc1ccc(N2C(=O)[C@H]3[C@@H](C2=O)[C@]2(C(=O)Nc4ccc(F)cc42)N2CCC[C@@H]32)cc1. The van der Waals surface area contributed by atoms with E-state index >= 15 is 0 Å². The Morgan fingerprint density at radius 1 is 1.07 bits per heavy atom. The molecule has 0 aromatic heterocycles. The third kappa shape index (κ3) is 1.94. The van der Waals surface area contributed by atoms with Crippen LogP contribution in [-0.4, -0.2) is 35.2 Å². The van der Waals surface area contributed by atoms with Gasteiger partial charge in [0.05, 0.1) is 17.5 Å². The molecule has 0 saturated carbocycles. The third-order valence-electron chi connectivity index (χ3n) is 7.25. The first-order valence-corrected chi connectivity index (χ1v) is 10.3. The zero-order valence-corrected chi connectivity index (χ0v) is 16.4. The molecule has 30 heavy (non-hydrogen) atoms. The summed E-state index contributed by atoms with van der Waals surface area (Å²) in [7, 11) is 0. The number of aryl methyl sites for hydroxylation is 1. The lowest BCUT2D eigenvalue weighted by Gasteiger charge is -2.36. The van der Waals surface area contributed by atoms with Gasteiger partial charge in [0.2, 0.25) is 17.7 Å². The Morgan fingerprint density at radius 3 is 2.60 bits per heavy atom. The summed E-state index contributed by atoms with van der Waals surface area (Å²) in [4.78, 5) is 43.9. The Labute approximate surface area is 172 Å². The van der Waals surface area contributed by atoms with E-state index in [9.17, 15) is 18.8 Å². The lowest BCUT2D eigenvalue weighted by Crippen LogP contribution is -2.54. The smallest absolute Gasteiger partial charge is 0.250 e. The summed E-state index contributed by atoms with van der Waals surface area (Å²) in [5, 5.41) is 2.85. The quantitative estimate of drug-likeness (QED) is 0.741. The maximum atomic E-state index is 14.2. The molecule has 4 atom stereocenters. The number of imide groups is 1. The van der Waals surface area contributed by atoms with Crippen LogP contribution in [0.25, 0.3) is 0 Å². The lowest BCUT2D eigenvalue weighted by atomic mass is 9.75. The molecule has 6 nitrogen and oxygen atoms in total. The molecule has 3 amide bonds. The highest BCUT2D eigenvalue weighted by molar-refractivity contribution is 6.25. The zero-order chi connectivity index (χ0) is 20.8. The average molecular weight is 405 g/mol. The number of benzene rings is 2. The normalized spacial score (nSPS) is 32.0. The van der Waals surface area contributed by atoms with E-state index in [4.69, 9.17) is 0 Å². The highest BCUT2D eigenvalue weighted by atomic mass is 19.1. The van der Waals surface area contributed by atoms with Crippen LogP contribution in [0.15, 0.2) is 42.5 Å². The molecule has 1 spiro atoms. The Bertz CT molecular complexity index is 1130. The van der Waals surface area contributed by atoms with Gasteiger partial charge in [0, 0.05) is 17.3 Å². The fourth-order valence-electron chi connectivity index (χ4n) is 6.12. The van der Waals surface area contributed by atoms with E-state index in [0.717, 1.165) is 18.4 Å². The number of hydrogen-bond acceptors (Lipinski definition) is 4. The van der Waals surface area contributed by atoms with E-state index in [1.165, 1.54) is 23.1 Å². The number of carbonyl (C=O) groups is 3. The third-order valence-corrected chi connectivity index (χ3v) is 7.25. The van der Waals surface area contributed by atoms with Crippen molar-refractivity contribution in [1.29, 1.82) is 0 Å². The van der Waals surface area contributed by atoms with Gasteiger partial charge in [-0.3, -0.25) is 19.3 Å². The maximum Gasteiger partial charge on any atom is 0.250 e. The number of amides is 3. The standard InChI is InChI=1S/C23H20FN3O3/c1-12-4-7-14(8-5-12)27-20(28)18-17-3-2-10-26(17)23(19(18)21(27)29)15-11-13(24)6-9-16(15)25-22(23)30/h4-9,11,17-19H,2-3,10H2,1H3,(H,25,30)/t17-,18+,19-,23+/m0/s1.